The van der Waals surface area contributed by atoms with Gasteiger partial charge < -0.3 is 29.5 Å². The van der Waals surface area contributed by atoms with Crippen molar-refractivity contribution in [1.29, 1.82) is 0 Å². The molecule has 0 bridgehead atoms. The molecule has 0 aliphatic heterocycles. The third-order valence-corrected chi connectivity index (χ3v) is 7.62. The SMILES string of the molecule is O=C([O-])CC1(C(=O)[O-])CCc2c1[nH]c1ccc(OCc3ccc(C4CCCC4)c(C(F)(F)F)c3)cc21.[Na+].[Na+]. The Bertz CT molecular complexity index is 1350. The fourth-order valence-corrected chi connectivity index (χ4v) is 5.85. The molecule has 0 saturated heterocycles. The van der Waals surface area contributed by atoms with Crippen LogP contribution in [-0.2, 0) is 34.2 Å². The first kappa shape index (κ1) is 31.0. The van der Waals surface area contributed by atoms with Crippen molar-refractivity contribution >= 4 is 22.8 Å². The molecule has 38 heavy (non-hydrogen) atoms. The van der Waals surface area contributed by atoms with Crippen molar-refractivity contribution in [2.45, 2.75) is 69.1 Å². The van der Waals surface area contributed by atoms with Crippen molar-refractivity contribution in [3.8, 4) is 5.75 Å². The zero-order chi connectivity index (χ0) is 25.7. The van der Waals surface area contributed by atoms with Crippen LogP contribution in [0, 0.1) is 0 Å². The van der Waals surface area contributed by atoms with E-state index < -0.39 is 35.5 Å². The molecule has 1 unspecified atom stereocenters. The fourth-order valence-electron chi connectivity index (χ4n) is 5.85. The normalized spacial score (nSPS) is 19.0. The zero-order valence-electron chi connectivity index (χ0n) is 21.4. The molecule has 1 fully saturated rings. The molecular weight excluding hydrogens is 521 g/mol. The minimum absolute atomic E-state index is 0. The second-order valence-corrected chi connectivity index (χ2v) is 9.79. The maximum absolute atomic E-state index is 13.8. The average molecular weight is 545 g/mol. The first-order valence-corrected chi connectivity index (χ1v) is 12.0. The summed E-state index contributed by atoms with van der Waals surface area (Å²) in [7, 11) is 0. The number of aliphatic carboxylic acids is 2. The molecular formula is C27H24F3NNa2O5. The van der Waals surface area contributed by atoms with Gasteiger partial charge in [0.2, 0.25) is 0 Å². The van der Waals surface area contributed by atoms with Crippen LogP contribution in [0.25, 0.3) is 10.9 Å². The molecule has 6 nitrogen and oxygen atoms in total. The van der Waals surface area contributed by atoms with Crippen molar-refractivity contribution in [3.05, 3.63) is 64.3 Å². The number of aromatic nitrogens is 1. The molecule has 11 heteroatoms. The van der Waals surface area contributed by atoms with Crippen LogP contribution in [0.1, 0.15) is 72.4 Å². The van der Waals surface area contributed by atoms with E-state index in [0.717, 1.165) is 31.7 Å². The Kier molecular flexibility index (Phi) is 9.76. The van der Waals surface area contributed by atoms with Gasteiger partial charge in [-0.05, 0) is 72.6 Å². The summed E-state index contributed by atoms with van der Waals surface area (Å²) in [4.78, 5) is 26.2. The van der Waals surface area contributed by atoms with Crippen LogP contribution in [0.2, 0.25) is 0 Å². The Morgan fingerprint density at radius 3 is 2.39 bits per heavy atom. The minimum atomic E-state index is -4.45. The number of carboxylic acids is 2. The number of benzene rings is 2. The van der Waals surface area contributed by atoms with Crippen molar-refractivity contribution < 1.29 is 96.8 Å². The van der Waals surface area contributed by atoms with E-state index in [9.17, 15) is 33.0 Å². The van der Waals surface area contributed by atoms with Crippen molar-refractivity contribution in [2.75, 3.05) is 0 Å². The van der Waals surface area contributed by atoms with Crippen LogP contribution in [-0.4, -0.2) is 16.9 Å². The molecule has 1 saturated carbocycles. The number of fused-ring (bicyclic) bond motifs is 3. The molecule has 3 aromatic rings. The van der Waals surface area contributed by atoms with Crippen LogP contribution in [0.5, 0.6) is 5.75 Å². The number of halogens is 3. The van der Waals surface area contributed by atoms with Crippen LogP contribution < -0.4 is 74.1 Å². The number of carbonyl (C=O) groups is 2. The summed E-state index contributed by atoms with van der Waals surface area (Å²) in [5.74, 6) is -2.62. The molecule has 2 aliphatic carbocycles. The quantitative estimate of drug-likeness (QED) is 0.331. The molecule has 2 aromatic carbocycles. The molecule has 1 aromatic heterocycles. The molecule has 0 radical (unpaired) electrons. The number of ether oxygens (including phenoxy) is 1. The van der Waals surface area contributed by atoms with Gasteiger partial charge in [0, 0.05) is 29.0 Å². The van der Waals surface area contributed by atoms with Gasteiger partial charge in [-0.3, -0.25) is 0 Å². The number of H-pyrrole nitrogens is 1. The van der Waals surface area contributed by atoms with Gasteiger partial charge in [-0.15, -0.1) is 0 Å². The minimum Gasteiger partial charge on any atom is -0.550 e. The summed E-state index contributed by atoms with van der Waals surface area (Å²) < 4.78 is 47.1. The van der Waals surface area contributed by atoms with E-state index in [1.807, 2.05) is 0 Å². The maximum Gasteiger partial charge on any atom is 1.00 e. The number of rotatable bonds is 7. The van der Waals surface area contributed by atoms with Crippen LogP contribution in [0.15, 0.2) is 36.4 Å². The second-order valence-electron chi connectivity index (χ2n) is 9.79. The summed E-state index contributed by atoms with van der Waals surface area (Å²) in [6.45, 7) is -0.0696. The van der Waals surface area contributed by atoms with Gasteiger partial charge in [-0.25, -0.2) is 0 Å². The van der Waals surface area contributed by atoms with Crippen LogP contribution in [0.3, 0.4) is 0 Å². The predicted octanol–water partition coefficient (Wildman–Crippen LogP) is -2.49. The molecule has 2 aliphatic rings. The van der Waals surface area contributed by atoms with Crippen molar-refractivity contribution in [3.63, 3.8) is 0 Å². The number of aromatic amines is 1. The van der Waals surface area contributed by atoms with Gasteiger partial charge in [-0.1, -0.05) is 25.0 Å². The number of alkyl halides is 3. The Morgan fingerprint density at radius 1 is 1.05 bits per heavy atom. The van der Waals surface area contributed by atoms with E-state index in [2.05, 4.69) is 4.98 Å². The van der Waals surface area contributed by atoms with Gasteiger partial charge in [0.25, 0.3) is 0 Å². The first-order valence-electron chi connectivity index (χ1n) is 12.0. The number of carboxylic acid groups (broad SMARTS) is 2. The smallest absolute Gasteiger partial charge is 0.550 e. The largest absolute Gasteiger partial charge is 1.00 e. The number of nitrogens with one attached hydrogen (secondary N) is 1. The Labute approximate surface area is 261 Å². The molecule has 1 heterocycles. The van der Waals surface area contributed by atoms with E-state index in [-0.39, 0.29) is 83.8 Å². The van der Waals surface area contributed by atoms with Gasteiger partial charge in [0.15, 0.2) is 0 Å². The van der Waals surface area contributed by atoms with E-state index >= 15 is 0 Å². The van der Waals surface area contributed by atoms with E-state index in [1.165, 1.54) is 0 Å². The second kappa shape index (κ2) is 11.9. The Hall–Kier alpha value is -1.49. The standard InChI is InChI=1S/C27H26F3NO5.2Na/c28-27(29,30)21-11-15(5-7-18(21)16-3-1-2-4-16)14-36-17-6-8-22-20(12-17)19-9-10-26(25(34)35,13-23(32)33)24(19)31-22;;/h5-8,11-12,16,31H,1-4,9-10,13-14H2,(H,32,33)(H,34,35);;/q;2*+1/p-2. The van der Waals surface area contributed by atoms with Gasteiger partial charge >= 0.3 is 65.3 Å². The van der Waals surface area contributed by atoms with E-state index in [4.69, 9.17) is 4.74 Å². The molecule has 0 amide bonds. The molecule has 1 N–H and O–H groups in total. The summed E-state index contributed by atoms with van der Waals surface area (Å²) in [6, 6.07) is 9.39. The van der Waals surface area contributed by atoms with Gasteiger partial charge in [-0.2, -0.15) is 13.2 Å². The number of carbonyl (C=O) groups excluding carboxylic acids is 2. The molecule has 5 rings (SSSR count). The van der Waals surface area contributed by atoms with Crippen molar-refractivity contribution in [2.24, 2.45) is 0 Å². The first-order chi connectivity index (χ1) is 17.1. The number of aryl methyl sites for hydroxylation is 1. The predicted molar refractivity (Wildman–Crippen MR) is 120 cm³/mol. The average Bonchev–Trinajstić information content (AvgIpc) is 3.54. The van der Waals surface area contributed by atoms with Crippen LogP contribution >= 0.6 is 0 Å². The third-order valence-electron chi connectivity index (χ3n) is 7.62. The molecule has 190 valence electrons. The number of hydrogen-bond acceptors (Lipinski definition) is 5. The monoisotopic (exact) mass is 545 g/mol. The summed E-state index contributed by atoms with van der Waals surface area (Å²) >= 11 is 0. The molecule has 0 spiro atoms. The fraction of sp³-hybridized carbons (Fsp3) is 0.407. The van der Waals surface area contributed by atoms with E-state index in [1.54, 1.807) is 30.3 Å². The topological polar surface area (TPSA) is 105 Å². The van der Waals surface area contributed by atoms with Crippen molar-refractivity contribution in [1.82, 2.24) is 4.98 Å². The third kappa shape index (κ3) is 5.83. The number of hydrogen-bond donors (Lipinski definition) is 1. The molecule has 1 atom stereocenters. The zero-order valence-corrected chi connectivity index (χ0v) is 25.4. The van der Waals surface area contributed by atoms with Crippen LogP contribution in [0.4, 0.5) is 13.2 Å². The maximum atomic E-state index is 13.8. The van der Waals surface area contributed by atoms with Gasteiger partial charge in [0.1, 0.15) is 12.4 Å². The summed E-state index contributed by atoms with van der Waals surface area (Å²) in [5.41, 5.74) is 0.00695. The van der Waals surface area contributed by atoms with E-state index in [0.29, 0.717) is 39.8 Å². The Morgan fingerprint density at radius 2 is 1.76 bits per heavy atom. The van der Waals surface area contributed by atoms with Gasteiger partial charge in [0.05, 0.1) is 16.9 Å². The summed E-state index contributed by atoms with van der Waals surface area (Å²) in [6.07, 6.45) is -1.34. The summed E-state index contributed by atoms with van der Waals surface area (Å²) in [5, 5.41) is 23.8. The Balaban J connectivity index is 0.00000200.